The minimum Gasteiger partial charge on any atom is -0.506 e. The summed E-state index contributed by atoms with van der Waals surface area (Å²) in [7, 11) is 1.48. The van der Waals surface area contributed by atoms with Gasteiger partial charge in [0.05, 0.1) is 17.4 Å². The topological polar surface area (TPSA) is 137 Å². The number of aliphatic hydroxyl groups is 1. The Labute approximate surface area is 267 Å². The average Bonchev–Trinajstić information content (AvgIpc) is 3.06. The summed E-state index contributed by atoms with van der Waals surface area (Å²) in [6.45, 7) is 1.33. The van der Waals surface area contributed by atoms with Crippen molar-refractivity contribution >= 4 is 66.5 Å². The summed E-state index contributed by atoms with van der Waals surface area (Å²) in [4.78, 5) is 64.7. The lowest BCUT2D eigenvalue weighted by Gasteiger charge is -2.17. The van der Waals surface area contributed by atoms with Crippen LogP contribution in [0.15, 0.2) is 81.9 Å². The van der Waals surface area contributed by atoms with Crippen molar-refractivity contribution in [2.24, 2.45) is 7.05 Å². The van der Waals surface area contributed by atoms with Gasteiger partial charge in [0.2, 0.25) is 5.91 Å². The number of carbonyl (C=O) groups is 3. The number of rotatable bonds is 7. The first-order valence-corrected chi connectivity index (χ1v) is 15.4. The van der Waals surface area contributed by atoms with E-state index >= 15 is 0 Å². The Kier molecular flexibility index (Phi) is 7.35. The molecule has 1 aliphatic carbocycles. The van der Waals surface area contributed by atoms with E-state index < -0.39 is 41.0 Å². The molecule has 0 unspecified atom stereocenters. The van der Waals surface area contributed by atoms with E-state index in [1.54, 1.807) is 6.92 Å². The number of carbonyl (C=O) groups excluding carboxylic acids is 3. The molecule has 236 valence electrons. The van der Waals surface area contributed by atoms with Crippen molar-refractivity contribution in [2.75, 3.05) is 13.2 Å². The number of allylic oxidation sites excluding steroid dienone is 1. The summed E-state index contributed by atoms with van der Waals surface area (Å²) in [5, 5.41) is 20.5. The molecule has 1 amide bonds. The highest BCUT2D eigenvalue weighted by Gasteiger charge is 2.29. The summed E-state index contributed by atoms with van der Waals surface area (Å²) >= 11 is 0. The Morgan fingerprint density at radius 3 is 2.23 bits per heavy atom. The highest BCUT2D eigenvalue weighted by molar-refractivity contribution is 6.26. The number of aliphatic hydroxyl groups excluding tert-OH is 1. The lowest BCUT2D eigenvalue weighted by Crippen LogP contribution is -2.44. The predicted molar refractivity (Wildman–Crippen MR) is 180 cm³/mol. The molecule has 10 heteroatoms. The molecule has 1 saturated carbocycles. The number of aromatic nitrogens is 2. The maximum Gasteiger partial charge on any atom is 0.331 e. The Bertz CT molecular complexity index is 2420. The third-order valence-electron chi connectivity index (χ3n) is 9.11. The highest BCUT2D eigenvalue weighted by atomic mass is 16.5. The van der Waals surface area contributed by atoms with Crippen molar-refractivity contribution in [1.82, 2.24) is 14.5 Å². The number of nitrogens with one attached hydrogen (secondary N) is 1. The van der Waals surface area contributed by atoms with E-state index in [9.17, 15) is 29.1 Å². The number of hydrogen-bond donors (Lipinski definition) is 2. The summed E-state index contributed by atoms with van der Waals surface area (Å²) in [6, 6.07) is 21.4. The van der Waals surface area contributed by atoms with E-state index in [2.05, 4.69) is 35.6 Å². The van der Waals surface area contributed by atoms with Crippen LogP contribution in [0.5, 0.6) is 5.75 Å². The molecule has 5 aromatic carbocycles. The van der Waals surface area contributed by atoms with Crippen LogP contribution in [0.3, 0.4) is 0 Å². The molecule has 0 radical (unpaired) electrons. The zero-order valence-electron chi connectivity index (χ0n) is 25.9. The monoisotopic (exact) mass is 629 g/mol. The van der Waals surface area contributed by atoms with Crippen LogP contribution in [0, 0.1) is 6.92 Å². The molecule has 0 bridgehead atoms. The van der Waals surface area contributed by atoms with E-state index in [4.69, 9.17) is 4.74 Å². The number of amides is 1. The molecule has 0 saturated heterocycles. The van der Waals surface area contributed by atoms with Crippen molar-refractivity contribution in [1.29, 1.82) is 0 Å². The van der Waals surface area contributed by atoms with Crippen molar-refractivity contribution in [3.63, 3.8) is 0 Å². The Hall–Kier alpha value is -5.77. The van der Waals surface area contributed by atoms with Crippen molar-refractivity contribution in [3.8, 4) is 5.75 Å². The van der Waals surface area contributed by atoms with Crippen molar-refractivity contribution < 1.29 is 24.2 Å². The zero-order valence-corrected chi connectivity index (χ0v) is 25.9. The second kappa shape index (κ2) is 11.5. The van der Waals surface area contributed by atoms with Gasteiger partial charge in [-0.3, -0.25) is 28.3 Å². The van der Waals surface area contributed by atoms with Crippen LogP contribution in [0.4, 0.5) is 0 Å². The average molecular weight is 630 g/mol. The molecule has 0 spiro atoms. The second-order valence-corrected chi connectivity index (χ2v) is 11.9. The number of nitrogens with zero attached hydrogens (tertiary/aromatic N) is 2. The molecule has 6 aromatic rings. The van der Waals surface area contributed by atoms with Crippen molar-refractivity contribution in [2.45, 2.75) is 32.7 Å². The van der Waals surface area contributed by atoms with E-state index in [1.165, 1.54) is 29.1 Å². The van der Waals surface area contributed by atoms with Crippen LogP contribution in [-0.2, 0) is 28.0 Å². The quantitative estimate of drug-likeness (QED) is 0.0860. The molecule has 0 atom stereocenters. The fraction of sp³-hybridized carbons (Fsp3) is 0.216. The molecule has 1 aliphatic rings. The molecular weight excluding hydrogens is 598 g/mol. The second-order valence-electron chi connectivity index (χ2n) is 11.9. The Balaban J connectivity index is 1.11. The molecule has 7 rings (SSSR count). The summed E-state index contributed by atoms with van der Waals surface area (Å²) < 4.78 is 8.16. The van der Waals surface area contributed by atoms with Gasteiger partial charge in [0.25, 0.3) is 5.56 Å². The van der Waals surface area contributed by atoms with Gasteiger partial charge in [-0.05, 0) is 64.7 Å². The lowest BCUT2D eigenvalue weighted by atomic mass is 9.88. The zero-order chi connectivity index (χ0) is 33.0. The van der Waals surface area contributed by atoms with Gasteiger partial charge in [0, 0.05) is 36.2 Å². The number of fused-ring (bicyclic) bond motifs is 1. The molecule has 2 N–H and O–H groups in total. The highest BCUT2D eigenvalue weighted by Crippen LogP contribution is 2.38. The van der Waals surface area contributed by atoms with E-state index in [0.717, 1.165) is 31.5 Å². The summed E-state index contributed by atoms with van der Waals surface area (Å²) in [6.07, 6.45) is 0.724. The number of ketones is 2. The molecule has 47 heavy (non-hydrogen) atoms. The number of benzene rings is 5. The van der Waals surface area contributed by atoms with Crippen LogP contribution in [0.1, 0.15) is 30.4 Å². The number of ether oxygens (including phenoxy) is 1. The Morgan fingerprint density at radius 1 is 0.851 bits per heavy atom. The minimum absolute atomic E-state index is 0.0950. The normalized spacial score (nSPS) is 13.7. The summed E-state index contributed by atoms with van der Waals surface area (Å²) in [5.41, 5.74) is -0.954. The van der Waals surface area contributed by atoms with Gasteiger partial charge in [-0.15, -0.1) is 0 Å². The first-order chi connectivity index (χ1) is 22.7. The third kappa shape index (κ3) is 4.93. The lowest BCUT2D eigenvalue weighted by molar-refractivity contribution is -0.124. The van der Waals surface area contributed by atoms with Gasteiger partial charge < -0.3 is 15.2 Å². The van der Waals surface area contributed by atoms with Gasteiger partial charge in [0.1, 0.15) is 30.2 Å². The van der Waals surface area contributed by atoms with Gasteiger partial charge in [0.15, 0.2) is 11.6 Å². The fourth-order valence-corrected chi connectivity index (χ4v) is 6.75. The number of hydrogen-bond acceptors (Lipinski definition) is 7. The Morgan fingerprint density at radius 2 is 1.51 bits per heavy atom. The molecule has 1 heterocycles. The standard InChI is InChI=1S/C37H31N3O7/c1-20-24(35(44)34-27(41)7-4-8-28(34)42)14-15-26-31(20)36(45)40(37(46)39(26)2)19-30(43)38-17-18-47-29-16-12-23-10-9-21-5-3-6-22-11-13-25(29)33(23)32(21)22/h3,5-6,9-16,44H,4,7-8,17-19H2,1-2H3,(H,38,43). The number of aryl methyl sites for hydroxylation is 2. The van der Waals surface area contributed by atoms with E-state index in [-0.39, 0.29) is 48.1 Å². The molecule has 0 aliphatic heterocycles. The van der Waals surface area contributed by atoms with Crippen LogP contribution in [-0.4, -0.2) is 44.9 Å². The van der Waals surface area contributed by atoms with Gasteiger partial charge >= 0.3 is 5.69 Å². The third-order valence-corrected chi connectivity index (χ3v) is 9.11. The fourth-order valence-electron chi connectivity index (χ4n) is 6.75. The first-order valence-electron chi connectivity index (χ1n) is 15.4. The van der Waals surface area contributed by atoms with Crippen LogP contribution >= 0.6 is 0 Å². The summed E-state index contributed by atoms with van der Waals surface area (Å²) in [5.74, 6) is -1.25. The molecule has 10 nitrogen and oxygen atoms in total. The molecular formula is C37H31N3O7. The largest absolute Gasteiger partial charge is 0.506 e. The maximum absolute atomic E-state index is 13.6. The number of Topliss-reactive ketones (excluding diaryl/α,β-unsaturated/α-hetero) is 2. The van der Waals surface area contributed by atoms with Gasteiger partial charge in [-0.2, -0.15) is 0 Å². The van der Waals surface area contributed by atoms with Gasteiger partial charge in [-0.1, -0.05) is 42.5 Å². The molecule has 1 aromatic heterocycles. The van der Waals surface area contributed by atoms with E-state index in [0.29, 0.717) is 17.7 Å². The van der Waals surface area contributed by atoms with Gasteiger partial charge in [-0.25, -0.2) is 4.79 Å². The molecule has 1 fully saturated rings. The van der Waals surface area contributed by atoms with Crippen LogP contribution < -0.4 is 21.3 Å². The predicted octanol–water partition coefficient (Wildman–Crippen LogP) is 4.69. The van der Waals surface area contributed by atoms with Crippen LogP contribution in [0.2, 0.25) is 0 Å². The first kappa shape index (κ1) is 29.9. The SMILES string of the molecule is Cc1c(C(O)=C2C(=O)CCCC2=O)ccc2c1c(=O)n(CC(=O)NCCOc1ccc3ccc4cccc5ccc1c3c45)c(=O)n2C. The smallest absolute Gasteiger partial charge is 0.331 e. The van der Waals surface area contributed by atoms with Crippen LogP contribution in [0.25, 0.3) is 49.0 Å². The van der Waals surface area contributed by atoms with Crippen molar-refractivity contribution in [3.05, 3.63) is 104 Å². The van der Waals surface area contributed by atoms with E-state index in [1.807, 2.05) is 24.3 Å². The maximum atomic E-state index is 13.6. The minimum atomic E-state index is -0.721.